The Morgan fingerprint density at radius 1 is 1.08 bits per heavy atom. The summed E-state index contributed by atoms with van der Waals surface area (Å²) in [5, 5.41) is 5.02. The Balaban J connectivity index is 2.17. The molecule has 0 fully saturated rings. The van der Waals surface area contributed by atoms with Gasteiger partial charge in [0.15, 0.2) is 5.82 Å². The summed E-state index contributed by atoms with van der Waals surface area (Å²) in [5.74, 6) is 0.710. The quantitative estimate of drug-likeness (QED) is 0.634. The van der Waals surface area contributed by atoms with Gasteiger partial charge >= 0.3 is 0 Å². The van der Waals surface area contributed by atoms with Gasteiger partial charge in [0.2, 0.25) is 0 Å². The highest BCUT2D eigenvalue weighted by Gasteiger charge is 2.06. The van der Waals surface area contributed by atoms with E-state index in [1.54, 1.807) is 0 Å². The van der Waals surface area contributed by atoms with Gasteiger partial charge in [-0.1, -0.05) is 66.2 Å². The predicted molar refractivity (Wildman–Crippen MR) is 104 cm³/mol. The van der Waals surface area contributed by atoms with Gasteiger partial charge in [-0.3, -0.25) is 0 Å². The molecule has 3 aromatic rings. The van der Waals surface area contributed by atoms with Crippen LogP contribution < -0.4 is 10.4 Å². The van der Waals surface area contributed by atoms with Gasteiger partial charge in [0.05, 0.1) is 10.7 Å². The fourth-order valence-electron chi connectivity index (χ4n) is 2.76. The minimum Gasteiger partial charge on any atom is -0.236 e. The lowest BCUT2D eigenvalue weighted by atomic mass is 10.1. The lowest BCUT2D eigenvalue weighted by molar-refractivity contribution is 1.25. The second-order valence-electron chi connectivity index (χ2n) is 5.68. The molecule has 0 bridgehead atoms. The zero-order valence-electron chi connectivity index (χ0n) is 14.0. The number of aromatic nitrogens is 1. The molecule has 0 atom stereocenters. The van der Waals surface area contributed by atoms with Gasteiger partial charge in [0, 0.05) is 22.4 Å². The van der Waals surface area contributed by atoms with Crippen LogP contribution in [0.4, 0.5) is 5.82 Å². The molecule has 1 aromatic heterocycles. The van der Waals surface area contributed by atoms with Crippen LogP contribution in [-0.2, 0) is 0 Å². The largest absolute Gasteiger partial charge is 0.236 e. The van der Waals surface area contributed by atoms with Crippen LogP contribution in [0.15, 0.2) is 59.7 Å². The van der Waals surface area contributed by atoms with Crippen LogP contribution in [0.1, 0.15) is 19.4 Å². The van der Waals surface area contributed by atoms with Crippen molar-refractivity contribution in [3.05, 3.63) is 70.7 Å². The molecule has 24 heavy (non-hydrogen) atoms. The van der Waals surface area contributed by atoms with Crippen LogP contribution in [0.25, 0.3) is 21.9 Å². The maximum absolute atomic E-state index is 6.60. The number of halogens is 1. The first-order valence-corrected chi connectivity index (χ1v) is 8.31. The van der Waals surface area contributed by atoms with E-state index in [0.29, 0.717) is 10.9 Å². The Bertz CT molecular complexity index is 1050. The molecule has 2 nitrogen and oxygen atoms in total. The van der Waals surface area contributed by atoms with Crippen molar-refractivity contribution in [2.24, 2.45) is 4.99 Å². The minimum atomic E-state index is 0.651. The fourth-order valence-corrected chi connectivity index (χ4v) is 2.98. The van der Waals surface area contributed by atoms with Crippen molar-refractivity contribution < 1.29 is 0 Å². The molecule has 2 aromatic carbocycles. The highest BCUT2D eigenvalue weighted by Crippen LogP contribution is 2.25. The number of aliphatic imine (C=N–C) groups is 1. The molecule has 0 saturated carbocycles. The Morgan fingerprint density at radius 2 is 1.79 bits per heavy atom. The molecule has 120 valence electrons. The molecule has 3 rings (SSSR count). The van der Waals surface area contributed by atoms with Crippen molar-refractivity contribution in [3.8, 4) is 0 Å². The van der Waals surface area contributed by atoms with Crippen LogP contribution in [0, 0.1) is 6.92 Å². The Hall–Kier alpha value is -2.45. The molecular weight excluding hydrogens is 316 g/mol. The summed E-state index contributed by atoms with van der Waals surface area (Å²) in [7, 11) is 0. The van der Waals surface area contributed by atoms with Crippen LogP contribution >= 0.6 is 11.6 Å². The second-order valence-corrected chi connectivity index (χ2v) is 6.06. The van der Waals surface area contributed by atoms with Gasteiger partial charge in [-0.05, 0) is 31.4 Å². The SMILES string of the molecule is C/C=c1/cccc/c1=C(\Cl)C(C)=Nc1ncc2ccccc2c1C. The molecule has 0 saturated heterocycles. The first kappa shape index (κ1) is 16.4. The molecule has 0 N–H and O–H groups in total. The average Bonchev–Trinajstić information content (AvgIpc) is 2.63. The maximum atomic E-state index is 6.60. The molecule has 0 aliphatic rings. The molecule has 0 spiro atoms. The number of pyridine rings is 1. The van der Waals surface area contributed by atoms with Gasteiger partial charge in [-0.2, -0.15) is 0 Å². The Kier molecular flexibility index (Phi) is 4.77. The van der Waals surface area contributed by atoms with E-state index < -0.39 is 0 Å². The number of hydrogen-bond acceptors (Lipinski definition) is 2. The summed E-state index contributed by atoms with van der Waals surface area (Å²) < 4.78 is 0. The minimum absolute atomic E-state index is 0.651. The average molecular weight is 335 g/mol. The number of fused-ring (bicyclic) bond motifs is 1. The number of nitrogens with zero attached hydrogens (tertiary/aromatic N) is 2. The summed E-state index contributed by atoms with van der Waals surface area (Å²) in [5.41, 5.74) is 1.82. The van der Waals surface area contributed by atoms with Gasteiger partial charge < -0.3 is 0 Å². The van der Waals surface area contributed by atoms with Crippen LogP contribution in [0.3, 0.4) is 0 Å². The predicted octanol–water partition coefficient (Wildman–Crippen LogP) is 4.48. The Morgan fingerprint density at radius 3 is 2.58 bits per heavy atom. The molecule has 0 aliphatic heterocycles. The van der Waals surface area contributed by atoms with E-state index in [1.807, 2.05) is 69.4 Å². The summed E-state index contributed by atoms with van der Waals surface area (Å²) >= 11 is 6.60. The monoisotopic (exact) mass is 334 g/mol. The summed E-state index contributed by atoms with van der Waals surface area (Å²) in [6.07, 6.45) is 3.90. The lowest BCUT2D eigenvalue weighted by Gasteiger charge is -2.06. The number of rotatable bonds is 2. The molecule has 0 radical (unpaired) electrons. The van der Waals surface area contributed by atoms with Gasteiger partial charge in [-0.15, -0.1) is 0 Å². The molecular formula is C21H19ClN2. The van der Waals surface area contributed by atoms with Crippen molar-refractivity contribution in [1.82, 2.24) is 4.98 Å². The number of hydrogen-bond donors (Lipinski definition) is 0. The van der Waals surface area contributed by atoms with E-state index >= 15 is 0 Å². The van der Waals surface area contributed by atoms with Crippen molar-refractivity contribution >= 4 is 45.0 Å². The maximum Gasteiger partial charge on any atom is 0.155 e. The number of aryl methyl sites for hydroxylation is 1. The van der Waals surface area contributed by atoms with Gasteiger partial charge in [0.1, 0.15) is 0 Å². The Labute approximate surface area is 146 Å². The summed E-state index contributed by atoms with van der Waals surface area (Å²) in [4.78, 5) is 9.18. The molecule has 0 amide bonds. The standard InChI is InChI=1S/C21H19ClN2/c1-4-16-9-5-8-12-19(16)20(22)15(3)24-21-14(2)18-11-7-6-10-17(18)13-23-21/h4-13H,1-3H3/b16-4-,20-19+,24-15?. The second kappa shape index (κ2) is 6.98. The van der Waals surface area contributed by atoms with Crippen molar-refractivity contribution in [1.29, 1.82) is 0 Å². The van der Waals surface area contributed by atoms with Gasteiger partial charge in [-0.25, -0.2) is 9.98 Å². The van der Waals surface area contributed by atoms with E-state index in [4.69, 9.17) is 11.6 Å². The van der Waals surface area contributed by atoms with Crippen LogP contribution in [0.2, 0.25) is 0 Å². The third-order valence-electron chi connectivity index (χ3n) is 4.13. The first-order chi connectivity index (χ1) is 11.6. The fraction of sp³-hybridized carbons (Fsp3) is 0.143. The van der Waals surface area contributed by atoms with E-state index in [-0.39, 0.29) is 0 Å². The highest BCUT2D eigenvalue weighted by atomic mass is 35.5. The third-order valence-corrected chi connectivity index (χ3v) is 4.60. The molecule has 3 heteroatoms. The third kappa shape index (κ3) is 3.10. The zero-order chi connectivity index (χ0) is 17.1. The van der Waals surface area contributed by atoms with Gasteiger partial charge in [0.25, 0.3) is 0 Å². The lowest BCUT2D eigenvalue weighted by Crippen LogP contribution is -2.26. The molecule has 0 aliphatic carbocycles. The summed E-state index contributed by atoms with van der Waals surface area (Å²) in [6, 6.07) is 16.2. The van der Waals surface area contributed by atoms with Crippen LogP contribution in [-0.4, -0.2) is 10.7 Å². The highest BCUT2D eigenvalue weighted by molar-refractivity contribution is 6.61. The molecule has 0 unspecified atom stereocenters. The van der Waals surface area contributed by atoms with Crippen LogP contribution in [0.5, 0.6) is 0 Å². The zero-order valence-corrected chi connectivity index (χ0v) is 14.8. The summed E-state index contributed by atoms with van der Waals surface area (Å²) in [6.45, 7) is 5.97. The van der Waals surface area contributed by atoms with Crippen molar-refractivity contribution in [3.63, 3.8) is 0 Å². The van der Waals surface area contributed by atoms with E-state index in [2.05, 4.69) is 22.1 Å². The van der Waals surface area contributed by atoms with Crippen molar-refractivity contribution in [2.45, 2.75) is 20.8 Å². The first-order valence-electron chi connectivity index (χ1n) is 7.93. The van der Waals surface area contributed by atoms with E-state index in [9.17, 15) is 0 Å². The molecule has 1 heterocycles. The smallest absolute Gasteiger partial charge is 0.155 e. The topological polar surface area (TPSA) is 25.2 Å². The normalized spacial score (nSPS) is 14.2. The van der Waals surface area contributed by atoms with E-state index in [0.717, 1.165) is 32.5 Å². The van der Waals surface area contributed by atoms with E-state index in [1.165, 1.54) is 0 Å². The number of benzene rings is 2. The van der Waals surface area contributed by atoms with Crippen molar-refractivity contribution in [2.75, 3.05) is 0 Å².